The average Bonchev–Trinajstić information content (AvgIpc) is 1.62. The third-order valence-electron chi connectivity index (χ3n) is 0.950. The smallest absolute Gasteiger partial charge is 0.323 e. The minimum atomic E-state index is -5.54. The number of alkyl halides is 5. The van der Waals surface area contributed by atoms with E-state index in [2.05, 4.69) is 5.73 Å². The Morgan fingerprint density at radius 3 is 1.40 bits per heavy atom. The van der Waals surface area contributed by atoms with Gasteiger partial charge < -0.3 is 5.73 Å². The van der Waals surface area contributed by atoms with E-state index in [0.717, 1.165) is 0 Å². The average molecular weight is 163 g/mol. The van der Waals surface area contributed by atoms with Crippen molar-refractivity contribution in [3.05, 3.63) is 0 Å². The summed E-state index contributed by atoms with van der Waals surface area (Å²) in [5.41, 5.74) is 4.39. The molecular formula is C4H6F5N. The summed E-state index contributed by atoms with van der Waals surface area (Å²) in [6, 6.07) is -2.20. The van der Waals surface area contributed by atoms with Gasteiger partial charge in [-0.3, -0.25) is 0 Å². The fourth-order valence-corrected chi connectivity index (χ4v) is 0.258. The molecule has 0 saturated carbocycles. The van der Waals surface area contributed by atoms with Crippen LogP contribution in [0.5, 0.6) is 0 Å². The Kier molecular flexibility index (Phi) is 2.24. The molecule has 0 heterocycles. The number of hydrogen-bond acceptors (Lipinski definition) is 1. The van der Waals surface area contributed by atoms with Gasteiger partial charge in [0.25, 0.3) is 0 Å². The van der Waals surface area contributed by atoms with E-state index in [1.54, 1.807) is 0 Å². The molecule has 1 unspecified atom stereocenters. The van der Waals surface area contributed by atoms with Crippen molar-refractivity contribution in [3.63, 3.8) is 0 Å². The van der Waals surface area contributed by atoms with Crippen molar-refractivity contribution in [3.8, 4) is 0 Å². The van der Waals surface area contributed by atoms with Crippen LogP contribution in [0.1, 0.15) is 6.92 Å². The molecule has 1 atom stereocenters. The standard InChI is InChI=1S/C4H6F5N/c1-2(10)3(5,6)4(7,8)9/h2H,10H2,1H3. The number of halogens is 5. The topological polar surface area (TPSA) is 26.0 Å². The predicted molar refractivity (Wildman–Crippen MR) is 24.7 cm³/mol. The van der Waals surface area contributed by atoms with E-state index >= 15 is 0 Å². The van der Waals surface area contributed by atoms with Crippen molar-refractivity contribution >= 4 is 0 Å². The summed E-state index contributed by atoms with van der Waals surface area (Å²) >= 11 is 0. The van der Waals surface area contributed by atoms with Gasteiger partial charge in [-0.15, -0.1) is 0 Å². The number of rotatable bonds is 1. The van der Waals surface area contributed by atoms with E-state index in [1.165, 1.54) is 0 Å². The van der Waals surface area contributed by atoms with Crippen LogP contribution in [0.3, 0.4) is 0 Å². The van der Waals surface area contributed by atoms with Gasteiger partial charge in [0.2, 0.25) is 0 Å². The maximum absolute atomic E-state index is 11.8. The number of hydrogen-bond donors (Lipinski definition) is 1. The molecule has 6 heteroatoms. The first-order chi connectivity index (χ1) is 4.19. The van der Waals surface area contributed by atoms with Gasteiger partial charge in [0.1, 0.15) is 0 Å². The molecule has 0 aliphatic carbocycles. The zero-order valence-electron chi connectivity index (χ0n) is 5.04. The van der Waals surface area contributed by atoms with E-state index in [-0.39, 0.29) is 0 Å². The highest BCUT2D eigenvalue weighted by Gasteiger charge is 2.59. The molecule has 0 aliphatic rings. The predicted octanol–water partition coefficient (Wildman–Crippen LogP) is 1.53. The lowest BCUT2D eigenvalue weighted by atomic mass is 10.2. The summed E-state index contributed by atoms with van der Waals surface area (Å²) in [6.07, 6.45) is -5.54. The van der Waals surface area contributed by atoms with Crippen LogP contribution in [0.25, 0.3) is 0 Å². The van der Waals surface area contributed by atoms with Crippen LogP contribution < -0.4 is 5.73 Å². The molecule has 0 aromatic rings. The monoisotopic (exact) mass is 163 g/mol. The second kappa shape index (κ2) is 2.34. The summed E-state index contributed by atoms with van der Waals surface area (Å²) in [5, 5.41) is 0. The molecule has 0 bridgehead atoms. The van der Waals surface area contributed by atoms with Crippen LogP contribution in [0.4, 0.5) is 22.0 Å². The molecule has 0 aromatic heterocycles. The normalized spacial score (nSPS) is 17.1. The summed E-state index contributed by atoms with van der Waals surface area (Å²) in [7, 11) is 0. The van der Waals surface area contributed by atoms with Crippen molar-refractivity contribution in [1.29, 1.82) is 0 Å². The maximum Gasteiger partial charge on any atom is 0.454 e. The van der Waals surface area contributed by atoms with Crippen molar-refractivity contribution in [2.24, 2.45) is 5.73 Å². The van der Waals surface area contributed by atoms with Crippen LogP contribution in [0.2, 0.25) is 0 Å². The quantitative estimate of drug-likeness (QED) is 0.583. The van der Waals surface area contributed by atoms with Crippen LogP contribution in [0.15, 0.2) is 0 Å². The fraction of sp³-hybridized carbons (Fsp3) is 1.00. The largest absolute Gasteiger partial charge is 0.454 e. The molecule has 10 heavy (non-hydrogen) atoms. The van der Waals surface area contributed by atoms with Gasteiger partial charge >= 0.3 is 12.1 Å². The second-order valence-electron chi connectivity index (χ2n) is 1.91. The molecule has 0 spiro atoms. The first-order valence-corrected chi connectivity index (χ1v) is 2.39. The summed E-state index contributed by atoms with van der Waals surface area (Å²) in [6.45, 7) is 0.605. The molecule has 0 aromatic carbocycles. The highest BCUT2D eigenvalue weighted by Crippen LogP contribution is 2.36. The van der Waals surface area contributed by atoms with Crippen molar-refractivity contribution in [2.75, 3.05) is 0 Å². The zero-order valence-corrected chi connectivity index (χ0v) is 5.04. The van der Waals surface area contributed by atoms with Gasteiger partial charge in [0, 0.05) is 0 Å². The Bertz CT molecular complexity index is 115. The van der Waals surface area contributed by atoms with E-state index in [1.807, 2.05) is 0 Å². The molecule has 2 N–H and O–H groups in total. The molecule has 0 fully saturated rings. The van der Waals surface area contributed by atoms with E-state index in [9.17, 15) is 22.0 Å². The van der Waals surface area contributed by atoms with Gasteiger partial charge in [-0.25, -0.2) is 0 Å². The lowest BCUT2D eigenvalue weighted by molar-refractivity contribution is -0.287. The Balaban J connectivity index is 4.40. The van der Waals surface area contributed by atoms with Crippen LogP contribution in [-0.4, -0.2) is 18.1 Å². The second-order valence-corrected chi connectivity index (χ2v) is 1.91. The third kappa shape index (κ3) is 1.56. The molecule has 0 aliphatic heterocycles. The highest BCUT2D eigenvalue weighted by atomic mass is 19.4. The van der Waals surface area contributed by atoms with Crippen LogP contribution in [0, 0.1) is 0 Å². The first-order valence-electron chi connectivity index (χ1n) is 2.39. The van der Waals surface area contributed by atoms with Crippen molar-refractivity contribution in [1.82, 2.24) is 0 Å². The molecule has 0 radical (unpaired) electrons. The Morgan fingerprint density at radius 1 is 1.10 bits per heavy atom. The first kappa shape index (κ1) is 9.61. The van der Waals surface area contributed by atoms with Crippen molar-refractivity contribution < 1.29 is 22.0 Å². The van der Waals surface area contributed by atoms with Gasteiger partial charge in [0.15, 0.2) is 0 Å². The summed E-state index contributed by atoms with van der Waals surface area (Å²) < 4.78 is 57.4. The SMILES string of the molecule is CC(N)C(F)(F)C(F)(F)F. The highest BCUT2D eigenvalue weighted by molar-refractivity contribution is 4.83. The Hall–Kier alpha value is -0.390. The summed E-state index contributed by atoms with van der Waals surface area (Å²) in [5.74, 6) is -4.78. The molecule has 0 amide bonds. The van der Waals surface area contributed by atoms with Gasteiger partial charge in [-0.1, -0.05) is 0 Å². The molecule has 1 nitrogen and oxygen atoms in total. The molecular weight excluding hydrogens is 157 g/mol. The maximum atomic E-state index is 11.8. The lowest BCUT2D eigenvalue weighted by Gasteiger charge is -2.22. The van der Waals surface area contributed by atoms with Gasteiger partial charge in [-0.05, 0) is 6.92 Å². The van der Waals surface area contributed by atoms with E-state index < -0.39 is 18.1 Å². The number of nitrogens with two attached hydrogens (primary N) is 1. The van der Waals surface area contributed by atoms with Crippen molar-refractivity contribution in [2.45, 2.75) is 25.1 Å². The van der Waals surface area contributed by atoms with E-state index in [4.69, 9.17) is 0 Å². The van der Waals surface area contributed by atoms with E-state index in [0.29, 0.717) is 6.92 Å². The minimum absolute atomic E-state index is 0.605. The molecule has 0 saturated heterocycles. The molecule has 0 rings (SSSR count). The summed E-state index contributed by atoms with van der Waals surface area (Å²) in [4.78, 5) is 0. The lowest BCUT2D eigenvalue weighted by Crippen LogP contribution is -2.49. The van der Waals surface area contributed by atoms with Gasteiger partial charge in [-0.2, -0.15) is 22.0 Å². The van der Waals surface area contributed by atoms with Crippen LogP contribution in [-0.2, 0) is 0 Å². The Labute approximate surface area is 54.0 Å². The zero-order chi connectivity index (χ0) is 8.58. The van der Waals surface area contributed by atoms with Crippen LogP contribution >= 0.6 is 0 Å². The molecule has 62 valence electrons. The third-order valence-corrected chi connectivity index (χ3v) is 0.950. The van der Waals surface area contributed by atoms with Gasteiger partial charge in [0.05, 0.1) is 6.04 Å². The minimum Gasteiger partial charge on any atom is -0.323 e. The fourth-order valence-electron chi connectivity index (χ4n) is 0.258. The Morgan fingerprint density at radius 2 is 1.40 bits per heavy atom.